The van der Waals surface area contributed by atoms with Gasteiger partial charge in [-0.1, -0.05) is 56.9 Å². The zero-order valence-corrected chi connectivity index (χ0v) is 10.7. The van der Waals surface area contributed by atoms with Crippen LogP contribution in [0.3, 0.4) is 0 Å². The van der Waals surface area contributed by atoms with E-state index in [-0.39, 0.29) is 0 Å². The van der Waals surface area contributed by atoms with E-state index in [4.69, 9.17) is 4.74 Å². The van der Waals surface area contributed by atoms with Gasteiger partial charge in [-0.05, 0) is 29.5 Å². The molecular weight excluding hydrogens is 208 g/mol. The predicted molar refractivity (Wildman–Crippen MR) is 76.1 cm³/mol. The predicted octanol–water partition coefficient (Wildman–Crippen LogP) is 4.33. The highest BCUT2D eigenvalue weighted by molar-refractivity contribution is 5.64. The fourth-order valence-electron chi connectivity index (χ4n) is 1.68. The van der Waals surface area contributed by atoms with Gasteiger partial charge in [-0.2, -0.15) is 0 Å². The molecule has 0 aromatic heterocycles. The molecule has 0 unspecified atom stereocenters. The van der Waals surface area contributed by atoms with Gasteiger partial charge in [0.05, 0.1) is 6.61 Å². The average Bonchev–Trinajstić information content (AvgIpc) is 2.38. The lowest BCUT2D eigenvalue weighted by molar-refractivity contribution is 0.134. The molecule has 1 heteroatoms. The van der Waals surface area contributed by atoms with E-state index >= 15 is 0 Å². The van der Waals surface area contributed by atoms with Gasteiger partial charge in [-0.25, -0.2) is 0 Å². The van der Waals surface area contributed by atoms with Crippen LogP contribution in [0, 0.1) is 0 Å². The van der Waals surface area contributed by atoms with Crippen LogP contribution < -0.4 is 0 Å². The number of hydrogen-bond donors (Lipinski definition) is 0. The van der Waals surface area contributed by atoms with E-state index in [1.807, 2.05) is 12.2 Å². The number of benzene rings is 1. The molecule has 0 radical (unpaired) electrons. The highest BCUT2D eigenvalue weighted by atomic mass is 16.5. The van der Waals surface area contributed by atoms with Crippen LogP contribution in [0.4, 0.5) is 0 Å². The molecule has 0 saturated heterocycles. The normalized spacial score (nSPS) is 10.2. The Morgan fingerprint density at radius 1 is 1.12 bits per heavy atom. The van der Waals surface area contributed by atoms with Crippen LogP contribution >= 0.6 is 0 Å². The van der Waals surface area contributed by atoms with Crippen molar-refractivity contribution in [3.8, 4) is 0 Å². The Labute approximate surface area is 105 Å². The maximum Gasteiger partial charge on any atom is 0.0506 e. The summed E-state index contributed by atoms with van der Waals surface area (Å²) in [6.45, 7) is 11.5. The molecule has 17 heavy (non-hydrogen) atoms. The Morgan fingerprint density at radius 2 is 1.88 bits per heavy atom. The van der Waals surface area contributed by atoms with Crippen molar-refractivity contribution < 1.29 is 4.74 Å². The van der Waals surface area contributed by atoms with Crippen molar-refractivity contribution in [2.24, 2.45) is 0 Å². The van der Waals surface area contributed by atoms with E-state index in [9.17, 15) is 0 Å². The average molecular weight is 230 g/mol. The number of rotatable bonds is 8. The second-order valence-electron chi connectivity index (χ2n) is 4.09. The summed E-state index contributed by atoms with van der Waals surface area (Å²) in [4.78, 5) is 0. The lowest BCUT2D eigenvalue weighted by Gasteiger charge is -2.07. The zero-order chi connectivity index (χ0) is 12.5. The van der Waals surface area contributed by atoms with Crippen LogP contribution in [-0.4, -0.2) is 13.2 Å². The SMILES string of the molecule is C=Cc1ccc(CCOCCCC)cc1C=C. The largest absolute Gasteiger partial charge is 0.381 e. The molecule has 1 aromatic carbocycles. The molecule has 0 spiro atoms. The first kappa shape index (κ1) is 13.7. The summed E-state index contributed by atoms with van der Waals surface area (Å²) in [5, 5.41) is 0. The van der Waals surface area contributed by atoms with Crippen molar-refractivity contribution in [2.45, 2.75) is 26.2 Å². The van der Waals surface area contributed by atoms with E-state index in [1.165, 1.54) is 12.0 Å². The van der Waals surface area contributed by atoms with Crippen molar-refractivity contribution >= 4 is 12.2 Å². The Bertz CT molecular complexity index is 366. The Kier molecular flexibility index (Phi) is 6.34. The molecule has 0 N–H and O–H groups in total. The molecule has 0 heterocycles. The molecule has 0 atom stereocenters. The summed E-state index contributed by atoms with van der Waals surface area (Å²) in [5.74, 6) is 0. The first-order chi connectivity index (χ1) is 8.31. The van der Waals surface area contributed by atoms with Crippen LogP contribution in [-0.2, 0) is 11.2 Å². The van der Waals surface area contributed by atoms with Crippen LogP contribution in [0.2, 0.25) is 0 Å². The third kappa shape index (κ3) is 4.58. The molecule has 0 aliphatic carbocycles. The van der Waals surface area contributed by atoms with Crippen LogP contribution in [0.1, 0.15) is 36.5 Å². The molecule has 0 aliphatic heterocycles. The molecule has 1 aromatic rings. The minimum Gasteiger partial charge on any atom is -0.381 e. The van der Waals surface area contributed by atoms with Crippen molar-refractivity contribution in [3.63, 3.8) is 0 Å². The standard InChI is InChI=1S/C16H22O/c1-4-7-11-17-12-10-14-8-9-15(5-2)16(6-3)13-14/h5-6,8-9,13H,2-4,7,10-12H2,1H3. The van der Waals surface area contributed by atoms with Gasteiger partial charge >= 0.3 is 0 Å². The van der Waals surface area contributed by atoms with E-state index in [0.29, 0.717) is 0 Å². The lowest BCUT2D eigenvalue weighted by atomic mass is 10.0. The van der Waals surface area contributed by atoms with E-state index < -0.39 is 0 Å². The van der Waals surface area contributed by atoms with Crippen LogP contribution in [0.25, 0.3) is 12.2 Å². The third-order valence-corrected chi connectivity index (χ3v) is 2.77. The summed E-state index contributed by atoms with van der Waals surface area (Å²) in [7, 11) is 0. The summed E-state index contributed by atoms with van der Waals surface area (Å²) in [6, 6.07) is 6.38. The van der Waals surface area contributed by atoms with E-state index in [2.05, 4.69) is 38.3 Å². The van der Waals surface area contributed by atoms with Gasteiger partial charge in [-0.3, -0.25) is 0 Å². The summed E-state index contributed by atoms with van der Waals surface area (Å²) < 4.78 is 5.56. The number of unbranched alkanes of at least 4 members (excludes halogenated alkanes) is 1. The van der Waals surface area contributed by atoms with Crippen molar-refractivity contribution in [3.05, 3.63) is 48.0 Å². The highest BCUT2D eigenvalue weighted by Gasteiger charge is 1.99. The number of ether oxygens (including phenoxy) is 1. The smallest absolute Gasteiger partial charge is 0.0506 e. The Morgan fingerprint density at radius 3 is 2.53 bits per heavy atom. The van der Waals surface area contributed by atoms with Gasteiger partial charge in [0.15, 0.2) is 0 Å². The fourth-order valence-corrected chi connectivity index (χ4v) is 1.68. The third-order valence-electron chi connectivity index (χ3n) is 2.77. The lowest BCUT2D eigenvalue weighted by Crippen LogP contribution is -2.00. The number of hydrogen-bond acceptors (Lipinski definition) is 1. The minimum absolute atomic E-state index is 0.796. The molecule has 1 rings (SSSR count). The summed E-state index contributed by atoms with van der Waals surface area (Å²) in [6.07, 6.45) is 7.03. The molecule has 0 saturated carbocycles. The topological polar surface area (TPSA) is 9.23 Å². The monoisotopic (exact) mass is 230 g/mol. The van der Waals surface area contributed by atoms with Gasteiger partial charge in [0.1, 0.15) is 0 Å². The van der Waals surface area contributed by atoms with Crippen molar-refractivity contribution in [2.75, 3.05) is 13.2 Å². The second-order valence-corrected chi connectivity index (χ2v) is 4.09. The van der Waals surface area contributed by atoms with Crippen molar-refractivity contribution in [1.29, 1.82) is 0 Å². The van der Waals surface area contributed by atoms with Gasteiger partial charge < -0.3 is 4.74 Å². The summed E-state index contributed by atoms with van der Waals surface area (Å²) >= 11 is 0. The highest BCUT2D eigenvalue weighted by Crippen LogP contribution is 2.15. The van der Waals surface area contributed by atoms with Gasteiger partial charge in [0, 0.05) is 6.61 Å². The first-order valence-corrected chi connectivity index (χ1v) is 6.27. The summed E-state index contributed by atoms with van der Waals surface area (Å²) in [5.41, 5.74) is 3.57. The fraction of sp³-hybridized carbons (Fsp3) is 0.375. The van der Waals surface area contributed by atoms with E-state index in [0.717, 1.165) is 37.2 Å². The molecule has 0 amide bonds. The maximum absolute atomic E-state index is 5.56. The molecule has 0 fully saturated rings. The van der Waals surface area contributed by atoms with Crippen LogP contribution in [0.5, 0.6) is 0 Å². The molecule has 0 bridgehead atoms. The van der Waals surface area contributed by atoms with Gasteiger partial charge in [0.25, 0.3) is 0 Å². The van der Waals surface area contributed by atoms with Crippen LogP contribution in [0.15, 0.2) is 31.4 Å². The molecule has 0 aliphatic rings. The van der Waals surface area contributed by atoms with Gasteiger partial charge in [-0.15, -0.1) is 0 Å². The molecule has 92 valence electrons. The Hall–Kier alpha value is -1.34. The second kappa shape index (κ2) is 7.86. The maximum atomic E-state index is 5.56. The quantitative estimate of drug-likeness (QED) is 0.604. The molecule has 1 nitrogen and oxygen atoms in total. The minimum atomic E-state index is 0.796. The van der Waals surface area contributed by atoms with E-state index in [1.54, 1.807) is 0 Å². The molecular formula is C16H22O. The van der Waals surface area contributed by atoms with Gasteiger partial charge in [0.2, 0.25) is 0 Å². The Balaban J connectivity index is 2.49. The van der Waals surface area contributed by atoms with Crippen molar-refractivity contribution in [1.82, 2.24) is 0 Å². The zero-order valence-electron chi connectivity index (χ0n) is 10.7. The first-order valence-electron chi connectivity index (χ1n) is 6.27.